The first-order chi connectivity index (χ1) is 19.1. The molecule has 1 saturated carbocycles. The lowest BCUT2D eigenvalue weighted by molar-refractivity contribution is -0.139. The van der Waals surface area contributed by atoms with Gasteiger partial charge in [-0.3, -0.25) is 13.9 Å². The molecule has 3 aromatic rings. The number of rotatable bonds is 10. The average Bonchev–Trinajstić information content (AvgIpc) is 3.44. The average molecular weight is 570 g/mol. The maximum absolute atomic E-state index is 14.6. The third-order valence-electron chi connectivity index (χ3n) is 7.17. The lowest BCUT2D eigenvalue weighted by Gasteiger charge is -2.32. The van der Waals surface area contributed by atoms with Gasteiger partial charge < -0.3 is 10.2 Å². The molecule has 0 saturated heterocycles. The summed E-state index contributed by atoms with van der Waals surface area (Å²) in [7, 11) is -4.31. The molecule has 1 N–H and O–H groups in total. The topological polar surface area (TPSA) is 86.8 Å². The van der Waals surface area contributed by atoms with Crippen molar-refractivity contribution in [2.75, 3.05) is 10.8 Å². The minimum Gasteiger partial charge on any atom is -0.352 e. The summed E-state index contributed by atoms with van der Waals surface area (Å²) in [6.45, 7) is 2.50. The maximum atomic E-state index is 14.6. The van der Waals surface area contributed by atoms with Crippen molar-refractivity contribution in [1.82, 2.24) is 10.2 Å². The lowest BCUT2D eigenvalue weighted by atomic mass is 10.1. The molecule has 40 heavy (non-hydrogen) atoms. The Balaban J connectivity index is 1.69. The third-order valence-corrected chi connectivity index (χ3v) is 8.96. The minimum atomic E-state index is -4.31. The molecule has 3 aromatic carbocycles. The summed E-state index contributed by atoms with van der Waals surface area (Å²) in [6.07, 6.45) is 3.70. The van der Waals surface area contributed by atoms with Crippen LogP contribution < -0.4 is 9.62 Å². The van der Waals surface area contributed by atoms with Crippen molar-refractivity contribution < 1.29 is 26.8 Å². The number of anilines is 1. The Morgan fingerprint density at radius 1 is 0.950 bits per heavy atom. The highest BCUT2D eigenvalue weighted by Gasteiger charge is 2.33. The van der Waals surface area contributed by atoms with E-state index in [0.29, 0.717) is 0 Å². The molecular weight excluding hydrogens is 536 g/mol. The van der Waals surface area contributed by atoms with Gasteiger partial charge in [0.15, 0.2) is 0 Å². The molecule has 0 unspecified atom stereocenters. The monoisotopic (exact) mass is 569 g/mol. The van der Waals surface area contributed by atoms with Crippen LogP contribution in [0.1, 0.15) is 43.7 Å². The molecule has 0 radical (unpaired) electrons. The van der Waals surface area contributed by atoms with Gasteiger partial charge in [0, 0.05) is 18.2 Å². The molecule has 2 amide bonds. The van der Waals surface area contributed by atoms with Crippen LogP contribution in [0.2, 0.25) is 0 Å². The number of nitrogens with one attached hydrogen (secondary N) is 1. The highest BCUT2D eigenvalue weighted by molar-refractivity contribution is 7.92. The van der Waals surface area contributed by atoms with Gasteiger partial charge in [-0.25, -0.2) is 17.2 Å². The fraction of sp³-hybridized carbons (Fsp3) is 0.333. The molecule has 1 aliphatic rings. The van der Waals surface area contributed by atoms with E-state index < -0.39 is 40.2 Å². The summed E-state index contributed by atoms with van der Waals surface area (Å²) in [5.41, 5.74) is 1.30. The fourth-order valence-electron chi connectivity index (χ4n) is 4.76. The van der Waals surface area contributed by atoms with Crippen LogP contribution in [-0.4, -0.2) is 43.8 Å². The number of sulfonamides is 1. The summed E-state index contributed by atoms with van der Waals surface area (Å²) >= 11 is 0. The van der Waals surface area contributed by atoms with Crippen LogP contribution in [0.5, 0.6) is 0 Å². The molecular formula is C30H33F2N3O4S. The van der Waals surface area contributed by atoms with Gasteiger partial charge in [0.05, 0.1) is 10.6 Å². The van der Waals surface area contributed by atoms with E-state index in [9.17, 15) is 26.8 Å². The molecule has 0 bridgehead atoms. The van der Waals surface area contributed by atoms with Gasteiger partial charge >= 0.3 is 0 Å². The van der Waals surface area contributed by atoms with Gasteiger partial charge in [0.2, 0.25) is 11.8 Å². The van der Waals surface area contributed by atoms with Crippen LogP contribution in [0.15, 0.2) is 77.7 Å². The first-order valence-electron chi connectivity index (χ1n) is 13.2. The number of hydrogen-bond donors (Lipinski definition) is 1. The van der Waals surface area contributed by atoms with Gasteiger partial charge in [0.25, 0.3) is 10.0 Å². The predicted molar refractivity (Wildman–Crippen MR) is 149 cm³/mol. The van der Waals surface area contributed by atoms with Gasteiger partial charge in [-0.2, -0.15) is 0 Å². The Labute approximate surface area is 233 Å². The summed E-state index contributed by atoms with van der Waals surface area (Å²) < 4.78 is 56.6. The largest absolute Gasteiger partial charge is 0.352 e. The molecule has 4 rings (SSSR count). The number of carbonyl (C=O) groups is 2. The van der Waals surface area contributed by atoms with Gasteiger partial charge in [-0.15, -0.1) is 0 Å². The minimum absolute atomic E-state index is 0.00303. The van der Waals surface area contributed by atoms with Crippen LogP contribution in [0.4, 0.5) is 14.5 Å². The zero-order chi connectivity index (χ0) is 28.9. The number of halogens is 2. The second-order valence-corrected chi connectivity index (χ2v) is 11.9. The summed E-state index contributed by atoms with van der Waals surface area (Å²) in [4.78, 5) is 28.1. The van der Waals surface area contributed by atoms with E-state index in [1.54, 1.807) is 37.3 Å². The van der Waals surface area contributed by atoms with Gasteiger partial charge in [0.1, 0.15) is 24.2 Å². The van der Waals surface area contributed by atoms with Crippen molar-refractivity contribution in [3.05, 3.63) is 95.6 Å². The number of hydrogen-bond acceptors (Lipinski definition) is 4. The van der Waals surface area contributed by atoms with Crippen LogP contribution >= 0.6 is 0 Å². The van der Waals surface area contributed by atoms with E-state index in [1.165, 1.54) is 23.1 Å². The fourth-order valence-corrected chi connectivity index (χ4v) is 6.17. The molecule has 0 heterocycles. The quantitative estimate of drug-likeness (QED) is 0.375. The number of amides is 2. The first-order valence-corrected chi connectivity index (χ1v) is 14.7. The van der Waals surface area contributed by atoms with Crippen LogP contribution in [-0.2, 0) is 26.2 Å². The van der Waals surface area contributed by atoms with E-state index in [0.717, 1.165) is 59.8 Å². The second kappa shape index (κ2) is 12.6. The SMILES string of the molecule is Cc1ccc(N(CC(=O)N(Cc2ccccc2F)[C@@H](C)C(=O)NC2CCCC2)S(=O)(=O)c2ccc(F)cc2)cc1. The van der Waals surface area contributed by atoms with Crippen LogP contribution in [0.3, 0.4) is 0 Å². The van der Waals surface area contributed by atoms with E-state index in [2.05, 4.69) is 5.32 Å². The summed E-state index contributed by atoms with van der Waals surface area (Å²) in [6, 6.07) is 15.8. The van der Waals surface area contributed by atoms with E-state index in [1.807, 2.05) is 6.92 Å². The zero-order valence-corrected chi connectivity index (χ0v) is 23.3. The molecule has 1 fully saturated rings. The summed E-state index contributed by atoms with van der Waals surface area (Å²) in [5.74, 6) is -2.23. The Morgan fingerprint density at radius 3 is 2.20 bits per heavy atom. The zero-order valence-electron chi connectivity index (χ0n) is 22.5. The van der Waals surface area contributed by atoms with Crippen molar-refractivity contribution in [2.24, 2.45) is 0 Å². The Kier molecular flexibility index (Phi) is 9.19. The standard InChI is InChI=1S/C30H33F2N3O4S/c1-21-11-15-26(16-12-21)35(40(38,39)27-17-13-24(31)14-18-27)20-29(36)34(19-23-7-3-6-10-28(23)32)22(2)30(37)33-25-8-4-5-9-25/h3,6-7,10-18,22,25H,4-5,8-9,19-20H2,1-2H3,(H,33,37)/t22-/m0/s1. The normalized spacial score (nSPS) is 14.5. The Bertz CT molecular complexity index is 1440. The van der Waals surface area contributed by atoms with Crippen molar-refractivity contribution in [3.8, 4) is 0 Å². The summed E-state index contributed by atoms with van der Waals surface area (Å²) in [5, 5.41) is 2.97. The van der Waals surface area contributed by atoms with E-state index in [4.69, 9.17) is 0 Å². The van der Waals surface area contributed by atoms with Crippen molar-refractivity contribution >= 4 is 27.5 Å². The van der Waals surface area contributed by atoms with E-state index >= 15 is 0 Å². The predicted octanol–water partition coefficient (Wildman–Crippen LogP) is 4.94. The maximum Gasteiger partial charge on any atom is 0.264 e. The third kappa shape index (κ3) is 6.85. The molecule has 0 spiro atoms. The molecule has 7 nitrogen and oxygen atoms in total. The first kappa shape index (κ1) is 29.2. The molecule has 1 atom stereocenters. The molecule has 10 heteroatoms. The molecule has 1 aliphatic carbocycles. The Hall–Kier alpha value is -3.79. The lowest BCUT2D eigenvalue weighted by Crippen LogP contribution is -2.52. The van der Waals surface area contributed by atoms with E-state index in [-0.39, 0.29) is 34.6 Å². The second-order valence-electron chi connectivity index (χ2n) is 10.1. The molecule has 0 aromatic heterocycles. The number of carbonyl (C=O) groups excluding carboxylic acids is 2. The number of nitrogens with zero attached hydrogens (tertiary/aromatic N) is 2. The van der Waals surface area contributed by atoms with Crippen molar-refractivity contribution in [2.45, 2.75) is 63.1 Å². The van der Waals surface area contributed by atoms with Gasteiger partial charge in [-0.1, -0.05) is 48.7 Å². The highest BCUT2D eigenvalue weighted by Crippen LogP contribution is 2.26. The molecule has 212 valence electrons. The van der Waals surface area contributed by atoms with Crippen LogP contribution in [0.25, 0.3) is 0 Å². The van der Waals surface area contributed by atoms with Crippen molar-refractivity contribution in [1.29, 1.82) is 0 Å². The van der Waals surface area contributed by atoms with Crippen LogP contribution in [0, 0.1) is 18.6 Å². The number of benzene rings is 3. The van der Waals surface area contributed by atoms with Crippen molar-refractivity contribution in [3.63, 3.8) is 0 Å². The highest BCUT2D eigenvalue weighted by atomic mass is 32.2. The van der Waals surface area contributed by atoms with Gasteiger partial charge in [-0.05, 0) is 69.2 Å². The number of aryl methyl sites for hydroxylation is 1. The smallest absolute Gasteiger partial charge is 0.264 e. The molecule has 0 aliphatic heterocycles. The Morgan fingerprint density at radius 2 is 1.57 bits per heavy atom.